The summed E-state index contributed by atoms with van der Waals surface area (Å²) in [5, 5.41) is 10.9. The predicted octanol–water partition coefficient (Wildman–Crippen LogP) is 2.56. The molecule has 1 atom stereocenters. The van der Waals surface area contributed by atoms with E-state index in [0.29, 0.717) is 0 Å². The third-order valence-corrected chi connectivity index (χ3v) is 2.48. The van der Waals surface area contributed by atoms with Crippen LogP contribution in [0, 0.1) is 10.1 Å². The van der Waals surface area contributed by atoms with Crippen molar-refractivity contribution in [3.8, 4) is 5.75 Å². The third kappa shape index (κ3) is 3.19. The summed E-state index contributed by atoms with van der Waals surface area (Å²) in [5.41, 5.74) is -0.112. The van der Waals surface area contributed by atoms with Gasteiger partial charge in [-0.05, 0) is 25.5 Å². The number of nitro groups is 1. The molecule has 1 aromatic carbocycles. The van der Waals surface area contributed by atoms with Gasteiger partial charge in [-0.2, -0.15) is 0 Å². The molecule has 1 aromatic rings. The maximum atomic E-state index is 11.3. The zero-order chi connectivity index (χ0) is 13.7. The first kappa shape index (κ1) is 14.0. The topological polar surface area (TPSA) is 78.7 Å². The summed E-state index contributed by atoms with van der Waals surface area (Å²) in [6.45, 7) is 3.73. The lowest BCUT2D eigenvalue weighted by atomic mass is 10.2. The summed E-state index contributed by atoms with van der Waals surface area (Å²) in [6.07, 6.45) is 0.600. The minimum absolute atomic E-state index is 0.126. The molecule has 0 heterocycles. The number of methoxy groups -OCH3 is 1. The van der Waals surface area contributed by atoms with E-state index in [2.05, 4.69) is 4.74 Å². The monoisotopic (exact) mass is 253 g/mol. The van der Waals surface area contributed by atoms with Gasteiger partial charge in [-0.1, -0.05) is 6.92 Å². The van der Waals surface area contributed by atoms with Gasteiger partial charge in [0.2, 0.25) is 0 Å². The number of carbonyl (C=O) groups excluding carboxylic acids is 1. The van der Waals surface area contributed by atoms with Crippen LogP contribution < -0.4 is 4.74 Å². The Morgan fingerprint density at radius 1 is 1.50 bits per heavy atom. The Hall–Kier alpha value is -2.11. The van der Waals surface area contributed by atoms with E-state index in [1.165, 1.54) is 19.2 Å². The Morgan fingerprint density at radius 3 is 2.67 bits per heavy atom. The second kappa shape index (κ2) is 6.00. The van der Waals surface area contributed by atoms with Crippen molar-refractivity contribution in [1.29, 1.82) is 0 Å². The Balaban J connectivity index is 3.12. The fourth-order valence-corrected chi connectivity index (χ4v) is 1.30. The molecule has 0 fully saturated rings. The van der Waals surface area contributed by atoms with Crippen molar-refractivity contribution in [1.82, 2.24) is 0 Å². The lowest BCUT2D eigenvalue weighted by molar-refractivity contribution is -0.386. The lowest BCUT2D eigenvalue weighted by Gasteiger charge is -2.12. The summed E-state index contributed by atoms with van der Waals surface area (Å²) in [5.74, 6) is -0.463. The molecule has 0 saturated carbocycles. The molecule has 0 saturated heterocycles. The van der Waals surface area contributed by atoms with Gasteiger partial charge in [0.15, 0.2) is 5.75 Å². The van der Waals surface area contributed by atoms with E-state index in [4.69, 9.17) is 4.74 Å². The van der Waals surface area contributed by atoms with E-state index < -0.39 is 10.9 Å². The standard InChI is InChI=1S/C12H15NO5/c1-4-8(2)18-11-6-5-9(12(14)17-3)7-10(11)13(15)16/h5-8H,4H2,1-3H3. The van der Waals surface area contributed by atoms with Crippen molar-refractivity contribution in [3.05, 3.63) is 33.9 Å². The van der Waals surface area contributed by atoms with E-state index in [1.54, 1.807) is 0 Å². The maximum Gasteiger partial charge on any atom is 0.338 e. The van der Waals surface area contributed by atoms with E-state index in [0.717, 1.165) is 12.5 Å². The van der Waals surface area contributed by atoms with Gasteiger partial charge in [-0.3, -0.25) is 10.1 Å². The molecule has 1 rings (SSSR count). The van der Waals surface area contributed by atoms with Crippen LogP contribution in [-0.4, -0.2) is 24.1 Å². The number of carbonyl (C=O) groups is 1. The molecule has 0 aliphatic carbocycles. The summed E-state index contributed by atoms with van der Waals surface area (Å²) < 4.78 is 9.94. The molecule has 0 radical (unpaired) electrons. The Kier molecular flexibility index (Phi) is 4.65. The molecular weight excluding hydrogens is 238 g/mol. The quantitative estimate of drug-likeness (QED) is 0.457. The number of ether oxygens (including phenoxy) is 2. The zero-order valence-corrected chi connectivity index (χ0v) is 10.5. The van der Waals surface area contributed by atoms with E-state index in [-0.39, 0.29) is 23.1 Å². The van der Waals surface area contributed by atoms with Crippen LogP contribution in [-0.2, 0) is 4.74 Å². The zero-order valence-electron chi connectivity index (χ0n) is 10.5. The Morgan fingerprint density at radius 2 is 2.17 bits per heavy atom. The van der Waals surface area contributed by atoms with E-state index in [1.807, 2.05) is 13.8 Å². The van der Waals surface area contributed by atoms with Crippen LogP contribution in [0.3, 0.4) is 0 Å². The molecule has 0 spiro atoms. The highest BCUT2D eigenvalue weighted by atomic mass is 16.6. The average molecular weight is 253 g/mol. The molecule has 18 heavy (non-hydrogen) atoms. The van der Waals surface area contributed by atoms with Gasteiger partial charge in [-0.15, -0.1) is 0 Å². The van der Waals surface area contributed by atoms with Crippen molar-refractivity contribution in [2.24, 2.45) is 0 Å². The van der Waals surface area contributed by atoms with Crippen LogP contribution >= 0.6 is 0 Å². The number of nitrogens with zero attached hydrogens (tertiary/aromatic N) is 1. The van der Waals surface area contributed by atoms with Gasteiger partial charge >= 0.3 is 11.7 Å². The largest absolute Gasteiger partial charge is 0.484 e. The summed E-state index contributed by atoms with van der Waals surface area (Å²) >= 11 is 0. The average Bonchev–Trinajstić information content (AvgIpc) is 2.37. The second-order valence-corrected chi connectivity index (χ2v) is 3.77. The maximum absolute atomic E-state index is 11.3. The molecule has 1 unspecified atom stereocenters. The molecule has 0 aliphatic heterocycles. The van der Waals surface area contributed by atoms with Crippen molar-refractivity contribution < 1.29 is 19.2 Å². The molecule has 0 amide bonds. The van der Waals surface area contributed by atoms with Gasteiger partial charge in [0.05, 0.1) is 23.7 Å². The first-order valence-electron chi connectivity index (χ1n) is 5.53. The number of esters is 1. The minimum Gasteiger partial charge on any atom is -0.484 e. The molecule has 0 aliphatic rings. The van der Waals surface area contributed by atoms with Crippen LogP contribution in [0.15, 0.2) is 18.2 Å². The molecule has 0 N–H and O–H groups in total. The first-order valence-corrected chi connectivity index (χ1v) is 5.53. The first-order chi connectivity index (χ1) is 8.49. The fraction of sp³-hybridized carbons (Fsp3) is 0.417. The number of nitro benzene ring substituents is 1. The normalized spacial score (nSPS) is 11.7. The number of hydrogen-bond acceptors (Lipinski definition) is 5. The summed E-state index contributed by atoms with van der Waals surface area (Å²) in [6, 6.07) is 4.01. The van der Waals surface area contributed by atoms with Crippen molar-refractivity contribution in [3.63, 3.8) is 0 Å². The van der Waals surface area contributed by atoms with E-state index >= 15 is 0 Å². The van der Waals surface area contributed by atoms with Crippen molar-refractivity contribution in [2.45, 2.75) is 26.4 Å². The van der Waals surface area contributed by atoms with E-state index in [9.17, 15) is 14.9 Å². The van der Waals surface area contributed by atoms with Crippen LogP contribution in [0.4, 0.5) is 5.69 Å². The Bertz CT molecular complexity index is 458. The van der Waals surface area contributed by atoms with Crippen LogP contribution in [0.5, 0.6) is 5.75 Å². The van der Waals surface area contributed by atoms with Crippen LogP contribution in [0.1, 0.15) is 30.6 Å². The molecule has 6 nitrogen and oxygen atoms in total. The van der Waals surface area contributed by atoms with Gasteiger partial charge in [0.1, 0.15) is 0 Å². The highest BCUT2D eigenvalue weighted by molar-refractivity contribution is 5.90. The minimum atomic E-state index is -0.617. The second-order valence-electron chi connectivity index (χ2n) is 3.77. The molecule has 6 heteroatoms. The van der Waals surface area contributed by atoms with Gasteiger partial charge in [-0.25, -0.2) is 4.79 Å². The summed E-state index contributed by atoms with van der Waals surface area (Å²) in [4.78, 5) is 21.6. The number of benzene rings is 1. The van der Waals surface area contributed by atoms with Gasteiger partial charge in [0.25, 0.3) is 0 Å². The molecule has 0 bridgehead atoms. The lowest BCUT2D eigenvalue weighted by Crippen LogP contribution is -2.11. The Labute approximate surface area is 105 Å². The highest BCUT2D eigenvalue weighted by Crippen LogP contribution is 2.29. The fourth-order valence-electron chi connectivity index (χ4n) is 1.30. The molecule has 0 aromatic heterocycles. The smallest absolute Gasteiger partial charge is 0.338 e. The summed E-state index contributed by atoms with van der Waals surface area (Å²) in [7, 11) is 1.22. The third-order valence-electron chi connectivity index (χ3n) is 2.48. The van der Waals surface area contributed by atoms with Gasteiger partial charge < -0.3 is 9.47 Å². The van der Waals surface area contributed by atoms with Crippen LogP contribution in [0.2, 0.25) is 0 Å². The number of rotatable bonds is 5. The predicted molar refractivity (Wildman–Crippen MR) is 64.8 cm³/mol. The SMILES string of the molecule is CCC(C)Oc1ccc(C(=O)OC)cc1[N+](=O)[O-]. The van der Waals surface area contributed by atoms with Crippen molar-refractivity contribution in [2.75, 3.05) is 7.11 Å². The number of hydrogen-bond donors (Lipinski definition) is 0. The highest BCUT2D eigenvalue weighted by Gasteiger charge is 2.20. The molecular formula is C12H15NO5. The molecule has 98 valence electrons. The van der Waals surface area contributed by atoms with Crippen molar-refractivity contribution >= 4 is 11.7 Å². The van der Waals surface area contributed by atoms with Crippen LogP contribution in [0.25, 0.3) is 0 Å². The van der Waals surface area contributed by atoms with Gasteiger partial charge in [0, 0.05) is 6.07 Å².